The minimum Gasteiger partial charge on any atom is -0.507 e. The number of fused-ring (bicyclic) bond motifs is 1. The van der Waals surface area contributed by atoms with E-state index in [1.807, 2.05) is 0 Å². The van der Waals surface area contributed by atoms with Gasteiger partial charge in [-0.2, -0.15) is 0 Å². The van der Waals surface area contributed by atoms with Crippen molar-refractivity contribution in [3.63, 3.8) is 0 Å². The summed E-state index contributed by atoms with van der Waals surface area (Å²) >= 11 is 0. The van der Waals surface area contributed by atoms with Gasteiger partial charge in [0.05, 0.1) is 11.6 Å². The summed E-state index contributed by atoms with van der Waals surface area (Å²) in [6.45, 7) is 9.24. The third-order valence-corrected chi connectivity index (χ3v) is 7.49. The van der Waals surface area contributed by atoms with Gasteiger partial charge in [-0.15, -0.1) is 0 Å². The third kappa shape index (κ3) is 6.30. The molecule has 3 N–H and O–H groups in total. The van der Waals surface area contributed by atoms with Gasteiger partial charge in [-0.25, -0.2) is 8.78 Å². The molecule has 0 aliphatic heterocycles. The highest BCUT2D eigenvalue weighted by Crippen LogP contribution is 2.39. The van der Waals surface area contributed by atoms with Crippen molar-refractivity contribution in [2.75, 3.05) is 11.9 Å². The SMILES string of the molecule is Cc1cc2c(c(C)c1CC(C)(C)CCNC(=O)c1ccccc1O)CCCC2Nc1cc(F)cc(F)c1. The number of aromatic hydroxyl groups is 1. The van der Waals surface area contributed by atoms with Crippen LogP contribution in [-0.2, 0) is 12.8 Å². The van der Waals surface area contributed by atoms with Crippen LogP contribution in [0.3, 0.4) is 0 Å². The predicted molar refractivity (Wildman–Crippen MR) is 144 cm³/mol. The van der Waals surface area contributed by atoms with Gasteiger partial charge in [0.1, 0.15) is 17.4 Å². The second-order valence-corrected chi connectivity index (χ2v) is 11.0. The van der Waals surface area contributed by atoms with Gasteiger partial charge in [-0.3, -0.25) is 4.79 Å². The van der Waals surface area contributed by atoms with Gasteiger partial charge in [0.15, 0.2) is 0 Å². The molecule has 4 rings (SSSR count). The lowest BCUT2D eigenvalue weighted by molar-refractivity contribution is 0.0946. The van der Waals surface area contributed by atoms with E-state index in [0.717, 1.165) is 38.2 Å². The topological polar surface area (TPSA) is 61.4 Å². The number of aryl methyl sites for hydroxylation is 1. The van der Waals surface area contributed by atoms with Gasteiger partial charge in [-0.1, -0.05) is 32.0 Å². The van der Waals surface area contributed by atoms with E-state index in [1.165, 1.54) is 46.0 Å². The zero-order valence-electron chi connectivity index (χ0n) is 22.1. The quantitative estimate of drug-likeness (QED) is 0.304. The number of anilines is 1. The Bertz CT molecular complexity index is 1280. The fourth-order valence-electron chi connectivity index (χ4n) is 5.49. The molecule has 0 heterocycles. The summed E-state index contributed by atoms with van der Waals surface area (Å²) in [6.07, 6.45) is 4.56. The number of amides is 1. The Balaban J connectivity index is 1.47. The van der Waals surface area contributed by atoms with Crippen LogP contribution in [-0.4, -0.2) is 17.6 Å². The van der Waals surface area contributed by atoms with Gasteiger partial charge in [0.25, 0.3) is 5.91 Å². The van der Waals surface area contributed by atoms with E-state index in [2.05, 4.69) is 44.4 Å². The molecule has 1 unspecified atom stereocenters. The summed E-state index contributed by atoms with van der Waals surface area (Å²) in [4.78, 5) is 12.5. The highest BCUT2D eigenvalue weighted by atomic mass is 19.1. The number of benzene rings is 3. The van der Waals surface area contributed by atoms with Gasteiger partial charge in [-0.05, 0) is 103 Å². The molecule has 3 aromatic rings. The first kappa shape index (κ1) is 26.6. The Morgan fingerprint density at radius 2 is 1.78 bits per heavy atom. The maximum absolute atomic E-state index is 13.7. The maximum atomic E-state index is 13.7. The van der Waals surface area contributed by atoms with Crippen molar-refractivity contribution in [2.45, 2.75) is 65.8 Å². The largest absolute Gasteiger partial charge is 0.507 e. The molecule has 0 aromatic heterocycles. The van der Waals surface area contributed by atoms with Crippen LogP contribution in [0.1, 0.15) is 77.3 Å². The van der Waals surface area contributed by atoms with Crippen LogP contribution >= 0.6 is 0 Å². The second kappa shape index (κ2) is 10.9. The molecule has 4 nitrogen and oxygen atoms in total. The number of halogens is 2. The van der Waals surface area contributed by atoms with Crippen molar-refractivity contribution in [2.24, 2.45) is 5.41 Å². The molecule has 0 fully saturated rings. The van der Waals surface area contributed by atoms with E-state index in [0.29, 0.717) is 12.2 Å². The van der Waals surface area contributed by atoms with E-state index < -0.39 is 11.6 Å². The Kier molecular flexibility index (Phi) is 7.86. The number of hydrogen-bond acceptors (Lipinski definition) is 3. The molecule has 196 valence electrons. The number of phenols is 1. The highest BCUT2D eigenvalue weighted by molar-refractivity contribution is 5.96. The van der Waals surface area contributed by atoms with Gasteiger partial charge in [0, 0.05) is 18.3 Å². The molecule has 0 saturated carbocycles. The maximum Gasteiger partial charge on any atom is 0.255 e. The second-order valence-electron chi connectivity index (χ2n) is 11.0. The molecule has 1 aliphatic rings. The van der Waals surface area contributed by atoms with E-state index >= 15 is 0 Å². The summed E-state index contributed by atoms with van der Waals surface area (Å²) in [5.74, 6) is -1.46. The van der Waals surface area contributed by atoms with Crippen LogP contribution in [0.4, 0.5) is 14.5 Å². The summed E-state index contributed by atoms with van der Waals surface area (Å²) in [5, 5.41) is 16.2. The molecule has 0 spiro atoms. The molecule has 6 heteroatoms. The standard InChI is InChI=1S/C31H36F2N2O2/c1-19-14-26-24(9-7-10-28(26)35-23-16-21(32)15-22(33)17-23)20(2)27(19)18-31(3,4)12-13-34-30(37)25-8-5-6-11-29(25)36/h5-6,8,11,14-17,28,35-36H,7,9-10,12-13,18H2,1-4H3,(H,34,37). The number of para-hydroxylation sites is 1. The molecule has 3 aromatic carbocycles. The fraction of sp³-hybridized carbons (Fsp3) is 0.387. The Morgan fingerprint density at radius 1 is 1.08 bits per heavy atom. The average Bonchev–Trinajstić information content (AvgIpc) is 2.82. The van der Waals surface area contributed by atoms with Crippen molar-refractivity contribution in [1.29, 1.82) is 0 Å². The van der Waals surface area contributed by atoms with Crippen LogP contribution in [0.5, 0.6) is 5.75 Å². The average molecular weight is 507 g/mol. The number of carbonyl (C=O) groups is 1. The van der Waals surface area contributed by atoms with Crippen LogP contribution in [0.15, 0.2) is 48.5 Å². The Morgan fingerprint density at radius 3 is 2.49 bits per heavy atom. The lowest BCUT2D eigenvalue weighted by Crippen LogP contribution is -2.29. The fourth-order valence-corrected chi connectivity index (χ4v) is 5.49. The van der Waals surface area contributed by atoms with Crippen LogP contribution in [0.2, 0.25) is 0 Å². The molecule has 0 saturated heterocycles. The Labute approximate surface area is 218 Å². The van der Waals surface area contributed by atoms with E-state index in [1.54, 1.807) is 18.2 Å². The van der Waals surface area contributed by atoms with Crippen LogP contribution in [0, 0.1) is 30.9 Å². The monoisotopic (exact) mass is 506 g/mol. The lowest BCUT2D eigenvalue weighted by atomic mass is 9.76. The van der Waals surface area contributed by atoms with Gasteiger partial charge >= 0.3 is 0 Å². The first-order valence-corrected chi connectivity index (χ1v) is 12.9. The summed E-state index contributed by atoms with van der Waals surface area (Å²) in [6, 6.07) is 12.4. The summed E-state index contributed by atoms with van der Waals surface area (Å²) in [7, 11) is 0. The minimum atomic E-state index is -0.583. The first-order chi connectivity index (χ1) is 17.5. The zero-order valence-corrected chi connectivity index (χ0v) is 22.1. The van der Waals surface area contributed by atoms with E-state index in [9.17, 15) is 18.7 Å². The zero-order chi connectivity index (χ0) is 26.7. The summed E-state index contributed by atoms with van der Waals surface area (Å²) in [5.41, 5.74) is 7.05. The van der Waals surface area contributed by atoms with Gasteiger partial charge in [0.2, 0.25) is 0 Å². The molecule has 0 bridgehead atoms. The first-order valence-electron chi connectivity index (χ1n) is 12.9. The van der Waals surface area contributed by atoms with Crippen LogP contribution in [0.25, 0.3) is 0 Å². The van der Waals surface area contributed by atoms with Crippen molar-refractivity contribution < 1.29 is 18.7 Å². The number of hydrogen-bond donors (Lipinski definition) is 3. The number of nitrogens with one attached hydrogen (secondary N) is 2. The van der Waals surface area contributed by atoms with E-state index in [-0.39, 0.29) is 28.7 Å². The van der Waals surface area contributed by atoms with Gasteiger partial charge < -0.3 is 15.7 Å². The molecular formula is C31H36F2N2O2. The normalized spacial score (nSPS) is 15.2. The van der Waals surface area contributed by atoms with Crippen molar-refractivity contribution in [3.05, 3.63) is 93.5 Å². The number of carbonyl (C=O) groups excluding carboxylic acids is 1. The molecular weight excluding hydrogens is 470 g/mol. The smallest absolute Gasteiger partial charge is 0.255 e. The number of phenolic OH excluding ortho intramolecular Hbond substituents is 1. The summed E-state index contributed by atoms with van der Waals surface area (Å²) < 4.78 is 27.5. The predicted octanol–water partition coefficient (Wildman–Crippen LogP) is 7.17. The molecule has 37 heavy (non-hydrogen) atoms. The lowest BCUT2D eigenvalue weighted by Gasteiger charge is -2.33. The van der Waals surface area contributed by atoms with E-state index in [4.69, 9.17) is 0 Å². The molecule has 1 aliphatic carbocycles. The Hall–Kier alpha value is -3.41. The number of rotatable bonds is 8. The van der Waals surface area contributed by atoms with Crippen molar-refractivity contribution in [1.82, 2.24) is 5.32 Å². The highest BCUT2D eigenvalue weighted by Gasteiger charge is 2.27. The third-order valence-electron chi connectivity index (χ3n) is 7.49. The molecule has 1 atom stereocenters. The molecule has 0 radical (unpaired) electrons. The minimum absolute atomic E-state index is 0.00836. The van der Waals surface area contributed by atoms with Crippen molar-refractivity contribution in [3.8, 4) is 5.75 Å². The van der Waals surface area contributed by atoms with Crippen LogP contribution < -0.4 is 10.6 Å². The molecule has 1 amide bonds. The van der Waals surface area contributed by atoms with Crippen molar-refractivity contribution >= 4 is 11.6 Å².